The Morgan fingerprint density at radius 2 is 2.03 bits per heavy atom. The predicted octanol–water partition coefficient (Wildman–Crippen LogP) is 1.91. The lowest BCUT2D eigenvalue weighted by Gasteiger charge is -2.39. The van der Waals surface area contributed by atoms with Crippen LogP contribution in [0.15, 0.2) is 18.6 Å². The monoisotopic (exact) mass is 453 g/mol. The number of nitrogen functional groups attached to an aromatic ring is 1. The molecule has 0 spiro atoms. The first-order valence-electron chi connectivity index (χ1n) is 11.0. The van der Waals surface area contributed by atoms with Gasteiger partial charge in [0.25, 0.3) is 5.92 Å². The molecule has 0 radical (unpaired) electrons. The predicted molar refractivity (Wildman–Crippen MR) is 111 cm³/mol. The number of aliphatic hydroxyl groups excluding tert-OH is 1. The van der Waals surface area contributed by atoms with Crippen LogP contribution in [0.4, 0.5) is 14.6 Å². The molecule has 3 N–H and O–H groups in total. The van der Waals surface area contributed by atoms with Crippen molar-refractivity contribution in [3.8, 4) is 0 Å². The summed E-state index contributed by atoms with van der Waals surface area (Å²) in [6.07, 6.45) is 2.17. The van der Waals surface area contributed by atoms with Gasteiger partial charge < -0.3 is 29.6 Å². The zero-order chi connectivity index (χ0) is 22.7. The third kappa shape index (κ3) is 3.86. The van der Waals surface area contributed by atoms with Crippen molar-refractivity contribution in [1.29, 1.82) is 0 Å². The number of aliphatic hydroxyl groups is 1. The minimum Gasteiger partial charge on any atom is -0.395 e. The quantitative estimate of drug-likeness (QED) is 0.707. The second-order valence-corrected chi connectivity index (χ2v) is 9.34. The molecule has 0 aliphatic carbocycles. The summed E-state index contributed by atoms with van der Waals surface area (Å²) < 4.78 is 48.5. The summed E-state index contributed by atoms with van der Waals surface area (Å²) in [5.41, 5.74) is 6.61. The Morgan fingerprint density at radius 3 is 2.81 bits per heavy atom. The Labute approximate surface area is 184 Å². The van der Waals surface area contributed by atoms with Gasteiger partial charge in [-0.3, -0.25) is 4.90 Å². The van der Waals surface area contributed by atoms with E-state index in [0.29, 0.717) is 24.4 Å². The van der Waals surface area contributed by atoms with Crippen molar-refractivity contribution in [3.05, 3.63) is 18.6 Å². The van der Waals surface area contributed by atoms with Gasteiger partial charge in [0, 0.05) is 25.2 Å². The van der Waals surface area contributed by atoms with E-state index < -0.39 is 24.0 Å². The first kappa shape index (κ1) is 21.9. The Morgan fingerprint density at radius 1 is 1.25 bits per heavy atom. The van der Waals surface area contributed by atoms with Crippen LogP contribution in [-0.2, 0) is 14.2 Å². The molecule has 5 rings (SSSR count). The molecule has 2 aromatic heterocycles. The van der Waals surface area contributed by atoms with Gasteiger partial charge in [0.15, 0.2) is 12.0 Å². The standard InChI is InChI=1S/C21H29F2N5O4/c1-20(2)31-15-14(5-7-27-10-21(22,23)6-3-12(27)9-29)30-19(16(15)32-20)28-8-4-13-17(24)25-11-26-18(13)28/h4,8,11-12,14-16,19,29H,3,5-7,9-10H2,1-2H3,(H2,24,25,26)/t12?,14-,15-,16-,19-/m1/s1. The first-order valence-corrected chi connectivity index (χ1v) is 11.0. The number of ether oxygens (including phenoxy) is 3. The van der Waals surface area contributed by atoms with E-state index in [1.807, 2.05) is 30.7 Å². The van der Waals surface area contributed by atoms with Gasteiger partial charge in [0.1, 0.15) is 30.0 Å². The zero-order valence-electron chi connectivity index (χ0n) is 18.2. The molecule has 3 saturated heterocycles. The second-order valence-electron chi connectivity index (χ2n) is 9.34. The number of fused-ring (bicyclic) bond motifs is 2. The molecule has 3 fully saturated rings. The molecule has 2 aromatic rings. The number of rotatable bonds is 5. The van der Waals surface area contributed by atoms with Crippen LogP contribution >= 0.6 is 0 Å². The fourth-order valence-corrected chi connectivity index (χ4v) is 5.14. The molecule has 0 amide bonds. The number of nitrogens with two attached hydrogens (primary N) is 1. The molecular formula is C21H29F2N5O4. The summed E-state index contributed by atoms with van der Waals surface area (Å²) in [7, 11) is 0. The van der Waals surface area contributed by atoms with E-state index in [-0.39, 0.29) is 44.2 Å². The van der Waals surface area contributed by atoms with Crippen LogP contribution in [0.3, 0.4) is 0 Å². The van der Waals surface area contributed by atoms with Gasteiger partial charge in [-0.25, -0.2) is 18.7 Å². The lowest BCUT2D eigenvalue weighted by Crippen LogP contribution is -2.51. The molecule has 1 unspecified atom stereocenters. The minimum atomic E-state index is -2.74. The summed E-state index contributed by atoms with van der Waals surface area (Å²) >= 11 is 0. The number of hydrogen-bond acceptors (Lipinski definition) is 8. The van der Waals surface area contributed by atoms with E-state index in [2.05, 4.69) is 9.97 Å². The van der Waals surface area contributed by atoms with Crippen LogP contribution in [0.5, 0.6) is 0 Å². The highest BCUT2D eigenvalue weighted by Crippen LogP contribution is 2.45. The molecule has 176 valence electrons. The van der Waals surface area contributed by atoms with Crippen molar-refractivity contribution in [2.75, 3.05) is 25.4 Å². The molecule has 32 heavy (non-hydrogen) atoms. The van der Waals surface area contributed by atoms with Gasteiger partial charge >= 0.3 is 0 Å². The third-order valence-electron chi connectivity index (χ3n) is 6.65. The first-order chi connectivity index (χ1) is 15.2. The van der Waals surface area contributed by atoms with Crippen molar-refractivity contribution in [2.45, 2.75) is 75.4 Å². The fraction of sp³-hybridized carbons (Fsp3) is 0.714. The van der Waals surface area contributed by atoms with Gasteiger partial charge in [0.05, 0.1) is 24.6 Å². The van der Waals surface area contributed by atoms with Crippen LogP contribution in [0.1, 0.15) is 39.3 Å². The number of nitrogens with zero attached hydrogens (tertiary/aromatic N) is 4. The number of likely N-dealkylation sites (tertiary alicyclic amines) is 1. The van der Waals surface area contributed by atoms with Gasteiger partial charge in [-0.1, -0.05) is 0 Å². The van der Waals surface area contributed by atoms with Crippen LogP contribution in [0.2, 0.25) is 0 Å². The molecule has 0 saturated carbocycles. The van der Waals surface area contributed by atoms with Crippen molar-refractivity contribution < 1.29 is 28.1 Å². The zero-order valence-corrected chi connectivity index (χ0v) is 18.2. The highest BCUT2D eigenvalue weighted by Gasteiger charge is 2.56. The molecule has 5 heterocycles. The van der Waals surface area contributed by atoms with E-state index in [1.54, 1.807) is 4.90 Å². The maximum absolute atomic E-state index is 14.0. The lowest BCUT2D eigenvalue weighted by molar-refractivity contribution is -0.197. The van der Waals surface area contributed by atoms with Gasteiger partial charge in [-0.15, -0.1) is 0 Å². The van der Waals surface area contributed by atoms with E-state index in [1.165, 1.54) is 6.33 Å². The van der Waals surface area contributed by atoms with Gasteiger partial charge in [0.2, 0.25) is 0 Å². The number of piperidine rings is 1. The molecule has 3 aliphatic heterocycles. The Kier molecular flexibility index (Phi) is 5.37. The van der Waals surface area contributed by atoms with Crippen LogP contribution in [0.25, 0.3) is 11.0 Å². The van der Waals surface area contributed by atoms with E-state index in [4.69, 9.17) is 19.9 Å². The Bertz CT molecular complexity index is 986. The normalized spacial score (nSPS) is 34.2. The van der Waals surface area contributed by atoms with Crippen LogP contribution < -0.4 is 5.73 Å². The maximum Gasteiger partial charge on any atom is 0.260 e. The molecular weight excluding hydrogens is 424 g/mol. The summed E-state index contributed by atoms with van der Waals surface area (Å²) in [5.74, 6) is -3.16. The van der Waals surface area contributed by atoms with Crippen molar-refractivity contribution in [1.82, 2.24) is 19.4 Å². The summed E-state index contributed by atoms with van der Waals surface area (Å²) in [5, 5.41) is 10.4. The average molecular weight is 453 g/mol. The maximum atomic E-state index is 14.0. The van der Waals surface area contributed by atoms with Crippen molar-refractivity contribution in [2.24, 2.45) is 0 Å². The molecule has 3 aliphatic rings. The minimum absolute atomic E-state index is 0.139. The summed E-state index contributed by atoms with van der Waals surface area (Å²) in [6.45, 7) is 3.57. The second kappa shape index (κ2) is 7.84. The number of alkyl halides is 2. The topological polar surface area (TPSA) is 108 Å². The summed E-state index contributed by atoms with van der Waals surface area (Å²) in [4.78, 5) is 10.0. The molecule has 11 heteroatoms. The molecule has 5 atom stereocenters. The fourth-order valence-electron chi connectivity index (χ4n) is 5.14. The largest absolute Gasteiger partial charge is 0.395 e. The molecule has 9 nitrogen and oxygen atoms in total. The number of aromatic nitrogens is 3. The van der Waals surface area contributed by atoms with Gasteiger partial charge in [-0.2, -0.15) is 0 Å². The van der Waals surface area contributed by atoms with Crippen LogP contribution in [-0.4, -0.2) is 80.3 Å². The van der Waals surface area contributed by atoms with E-state index >= 15 is 0 Å². The average Bonchev–Trinajstić information content (AvgIpc) is 3.37. The van der Waals surface area contributed by atoms with Crippen molar-refractivity contribution in [3.63, 3.8) is 0 Å². The number of anilines is 1. The number of hydrogen-bond donors (Lipinski definition) is 2. The lowest BCUT2D eigenvalue weighted by atomic mass is 9.98. The van der Waals surface area contributed by atoms with Crippen molar-refractivity contribution >= 4 is 16.9 Å². The number of halogens is 2. The SMILES string of the molecule is CC1(C)O[C@@H]2[C@H](O1)[C@@H](CCN1CC(F)(F)CCC1CO)O[C@H]2n1ccc2c(N)ncnc21. The van der Waals surface area contributed by atoms with E-state index in [9.17, 15) is 13.9 Å². The van der Waals surface area contributed by atoms with Crippen LogP contribution in [0, 0.1) is 0 Å². The molecule has 0 bridgehead atoms. The smallest absolute Gasteiger partial charge is 0.260 e. The third-order valence-corrected chi connectivity index (χ3v) is 6.65. The highest BCUT2D eigenvalue weighted by atomic mass is 19.3. The summed E-state index contributed by atoms with van der Waals surface area (Å²) in [6, 6.07) is 1.56. The Hall–Kier alpha value is -1.92. The molecule has 0 aromatic carbocycles. The van der Waals surface area contributed by atoms with Gasteiger partial charge in [-0.05, 0) is 32.8 Å². The highest BCUT2D eigenvalue weighted by molar-refractivity contribution is 5.86. The van der Waals surface area contributed by atoms with E-state index in [0.717, 1.165) is 5.39 Å². The Balaban J connectivity index is 1.37.